The quantitative estimate of drug-likeness (QED) is 0.269. The summed E-state index contributed by atoms with van der Waals surface area (Å²) in [5.41, 5.74) is 0.515. The average Bonchev–Trinajstić information content (AvgIpc) is 2.78. The first-order valence-electron chi connectivity index (χ1n) is 10.0. The Bertz CT molecular complexity index is 1400. The molecule has 4 aromatic rings. The monoisotopic (exact) mass is 492 g/mol. The molecule has 0 spiro atoms. The maximum absolute atomic E-state index is 13.8. The lowest BCUT2D eigenvalue weighted by Gasteiger charge is -2.15. The van der Waals surface area contributed by atoms with Crippen LogP contribution in [0.15, 0.2) is 63.8 Å². The molecule has 3 aromatic carbocycles. The Balaban J connectivity index is 1.73. The van der Waals surface area contributed by atoms with E-state index in [9.17, 15) is 22.4 Å². The van der Waals surface area contributed by atoms with Gasteiger partial charge < -0.3 is 13.9 Å². The van der Waals surface area contributed by atoms with E-state index in [1.807, 2.05) is 0 Å². The molecule has 0 radical (unpaired) electrons. The summed E-state index contributed by atoms with van der Waals surface area (Å²) in [5, 5.41) is 0.335. The number of aryl methyl sites for hydroxylation is 2. The van der Waals surface area contributed by atoms with Gasteiger partial charge in [-0.1, -0.05) is 23.7 Å². The van der Waals surface area contributed by atoms with Crippen LogP contribution in [-0.2, 0) is 12.8 Å². The molecule has 0 amide bonds. The van der Waals surface area contributed by atoms with Gasteiger partial charge >= 0.3 is 6.18 Å². The van der Waals surface area contributed by atoms with Crippen molar-refractivity contribution >= 4 is 22.6 Å². The van der Waals surface area contributed by atoms with Crippen LogP contribution in [0.25, 0.3) is 11.0 Å². The summed E-state index contributed by atoms with van der Waals surface area (Å²) < 4.78 is 70.4. The highest BCUT2D eigenvalue weighted by atomic mass is 35.5. The molecule has 0 aliphatic rings. The highest BCUT2D eigenvalue weighted by molar-refractivity contribution is 6.32. The molecule has 0 aliphatic heterocycles. The maximum Gasteiger partial charge on any atom is 0.453 e. The summed E-state index contributed by atoms with van der Waals surface area (Å²) in [5.74, 6) is -2.74. The second kappa shape index (κ2) is 9.02. The predicted octanol–water partition coefficient (Wildman–Crippen LogP) is 7.59. The molecule has 0 atom stereocenters. The molecule has 176 valence electrons. The third-order valence-corrected chi connectivity index (χ3v) is 5.62. The van der Waals surface area contributed by atoms with Gasteiger partial charge in [0.25, 0.3) is 5.76 Å². The molecule has 0 bridgehead atoms. The van der Waals surface area contributed by atoms with Crippen LogP contribution >= 0.6 is 11.6 Å². The van der Waals surface area contributed by atoms with Crippen LogP contribution in [0.4, 0.5) is 17.6 Å². The molecule has 0 unspecified atom stereocenters. The van der Waals surface area contributed by atoms with Gasteiger partial charge in [0.05, 0.1) is 5.39 Å². The Morgan fingerprint density at radius 1 is 0.941 bits per heavy atom. The molecule has 1 aromatic heterocycles. The third kappa shape index (κ3) is 4.87. The summed E-state index contributed by atoms with van der Waals surface area (Å²) in [7, 11) is 0. The van der Waals surface area contributed by atoms with Crippen molar-refractivity contribution in [2.75, 3.05) is 0 Å². The summed E-state index contributed by atoms with van der Waals surface area (Å²) in [4.78, 5) is 13.0. The van der Waals surface area contributed by atoms with Crippen molar-refractivity contribution in [2.45, 2.75) is 26.6 Å². The first-order chi connectivity index (χ1) is 16.0. The Morgan fingerprint density at radius 3 is 2.21 bits per heavy atom. The van der Waals surface area contributed by atoms with E-state index in [0.29, 0.717) is 21.7 Å². The van der Waals surface area contributed by atoms with Crippen LogP contribution < -0.4 is 14.9 Å². The number of alkyl halides is 3. The van der Waals surface area contributed by atoms with Gasteiger partial charge in [-0.05, 0) is 66.9 Å². The van der Waals surface area contributed by atoms with E-state index < -0.39 is 28.9 Å². The highest BCUT2D eigenvalue weighted by Gasteiger charge is 2.40. The standard InChI is InChI=1S/C25H17ClF4O4/c1-13-9-18(10-14(2)21(13)26)33-23-22(31)19-8-7-17(11-20(19)34-24(23)25(28,29)30)32-12-15-3-5-16(27)6-4-15/h3-11H,12H2,1-2H3. The van der Waals surface area contributed by atoms with E-state index in [1.54, 1.807) is 13.8 Å². The third-order valence-electron chi connectivity index (χ3n) is 5.03. The summed E-state index contributed by atoms with van der Waals surface area (Å²) >= 11 is 6.11. The van der Waals surface area contributed by atoms with E-state index in [1.165, 1.54) is 54.6 Å². The molecule has 0 fully saturated rings. The van der Waals surface area contributed by atoms with Gasteiger partial charge in [-0.25, -0.2) is 4.39 Å². The molecule has 1 heterocycles. The van der Waals surface area contributed by atoms with Gasteiger partial charge in [-0.2, -0.15) is 13.2 Å². The number of benzene rings is 3. The van der Waals surface area contributed by atoms with Crippen molar-refractivity contribution in [1.82, 2.24) is 0 Å². The van der Waals surface area contributed by atoms with Crippen molar-refractivity contribution in [1.29, 1.82) is 0 Å². The fourth-order valence-electron chi connectivity index (χ4n) is 3.36. The van der Waals surface area contributed by atoms with E-state index >= 15 is 0 Å². The summed E-state index contributed by atoms with van der Waals surface area (Å²) in [6, 6.07) is 12.3. The van der Waals surface area contributed by atoms with Crippen molar-refractivity contribution in [3.8, 4) is 17.2 Å². The molecule has 4 nitrogen and oxygen atoms in total. The topological polar surface area (TPSA) is 48.7 Å². The Hall–Kier alpha value is -3.52. The zero-order valence-electron chi connectivity index (χ0n) is 17.9. The lowest BCUT2D eigenvalue weighted by molar-refractivity contribution is -0.154. The second-order valence-corrected chi connectivity index (χ2v) is 8.01. The largest absolute Gasteiger partial charge is 0.489 e. The van der Waals surface area contributed by atoms with Crippen LogP contribution in [0.3, 0.4) is 0 Å². The normalized spacial score (nSPS) is 11.6. The molecule has 0 saturated carbocycles. The van der Waals surface area contributed by atoms with Crippen molar-refractivity contribution < 1.29 is 31.5 Å². The first-order valence-corrected chi connectivity index (χ1v) is 10.4. The van der Waals surface area contributed by atoms with Crippen LogP contribution in [0.1, 0.15) is 22.5 Å². The number of halogens is 5. The zero-order valence-corrected chi connectivity index (χ0v) is 18.7. The fourth-order valence-corrected chi connectivity index (χ4v) is 3.46. The van der Waals surface area contributed by atoms with Gasteiger partial charge in [0.2, 0.25) is 11.2 Å². The first kappa shape index (κ1) is 23.6. The average molecular weight is 493 g/mol. The number of rotatable bonds is 5. The molecular formula is C25H17ClF4O4. The van der Waals surface area contributed by atoms with Gasteiger partial charge in [-0.3, -0.25) is 4.79 Å². The lowest BCUT2D eigenvalue weighted by Crippen LogP contribution is -2.15. The Morgan fingerprint density at radius 2 is 1.59 bits per heavy atom. The van der Waals surface area contributed by atoms with Crippen LogP contribution in [0.2, 0.25) is 5.02 Å². The van der Waals surface area contributed by atoms with Crippen LogP contribution in [-0.4, -0.2) is 0 Å². The minimum atomic E-state index is -5.00. The molecule has 4 rings (SSSR count). The van der Waals surface area contributed by atoms with E-state index in [-0.39, 0.29) is 29.1 Å². The molecule has 34 heavy (non-hydrogen) atoms. The van der Waals surface area contributed by atoms with Crippen molar-refractivity contribution in [2.24, 2.45) is 0 Å². The van der Waals surface area contributed by atoms with Crippen molar-refractivity contribution in [3.05, 3.63) is 98.1 Å². The highest BCUT2D eigenvalue weighted by Crippen LogP contribution is 2.39. The van der Waals surface area contributed by atoms with Crippen LogP contribution in [0, 0.1) is 19.7 Å². The minimum absolute atomic E-state index is 0.0239. The van der Waals surface area contributed by atoms with Gasteiger partial charge in [0.1, 0.15) is 29.5 Å². The number of hydrogen-bond acceptors (Lipinski definition) is 4. The van der Waals surface area contributed by atoms with Crippen LogP contribution in [0.5, 0.6) is 17.2 Å². The summed E-state index contributed by atoms with van der Waals surface area (Å²) in [6.07, 6.45) is -5.00. The molecular weight excluding hydrogens is 476 g/mol. The van der Waals surface area contributed by atoms with Gasteiger partial charge in [0.15, 0.2) is 0 Å². The molecule has 0 saturated heterocycles. The van der Waals surface area contributed by atoms with E-state index in [0.717, 1.165) is 0 Å². The van der Waals surface area contributed by atoms with E-state index in [4.69, 9.17) is 25.5 Å². The molecule has 9 heteroatoms. The zero-order chi connectivity index (χ0) is 24.6. The predicted molar refractivity (Wildman–Crippen MR) is 119 cm³/mol. The SMILES string of the molecule is Cc1cc(Oc2c(C(F)(F)F)oc3cc(OCc4ccc(F)cc4)ccc3c2=O)cc(C)c1Cl. The van der Waals surface area contributed by atoms with Gasteiger partial charge in [0, 0.05) is 11.1 Å². The Kier molecular flexibility index (Phi) is 6.27. The van der Waals surface area contributed by atoms with Crippen molar-refractivity contribution in [3.63, 3.8) is 0 Å². The lowest BCUT2D eigenvalue weighted by atomic mass is 10.1. The Labute approximate surface area is 196 Å². The van der Waals surface area contributed by atoms with Gasteiger partial charge in [-0.15, -0.1) is 0 Å². The smallest absolute Gasteiger partial charge is 0.453 e. The summed E-state index contributed by atoms with van der Waals surface area (Å²) in [6.45, 7) is 3.38. The van der Waals surface area contributed by atoms with E-state index in [2.05, 4.69) is 0 Å². The number of ether oxygens (including phenoxy) is 2. The maximum atomic E-state index is 13.8. The number of hydrogen-bond donors (Lipinski definition) is 0. The molecule has 0 N–H and O–H groups in total. The minimum Gasteiger partial charge on any atom is -0.489 e. The molecule has 0 aliphatic carbocycles. The second-order valence-electron chi connectivity index (χ2n) is 7.63. The number of fused-ring (bicyclic) bond motifs is 1. The fraction of sp³-hybridized carbons (Fsp3) is 0.160.